The molecule has 0 fully saturated rings. The topological polar surface area (TPSA) is 48.5 Å². The van der Waals surface area contributed by atoms with E-state index in [1.165, 1.54) is 0 Å². The molecule has 4 aromatic rings. The molecule has 0 aliphatic carbocycles. The van der Waals surface area contributed by atoms with Crippen molar-refractivity contribution in [2.24, 2.45) is 0 Å². The number of hydrogen-bond donors (Lipinski definition) is 0. The van der Waals surface area contributed by atoms with E-state index in [1.807, 2.05) is 54.6 Å². The van der Waals surface area contributed by atoms with Gasteiger partial charge in [0.15, 0.2) is 0 Å². The molecule has 0 atom stereocenters. The van der Waals surface area contributed by atoms with Crippen molar-refractivity contribution < 1.29 is 4.74 Å². The van der Waals surface area contributed by atoms with E-state index in [0.29, 0.717) is 12.1 Å². The Bertz CT molecular complexity index is 1170. The van der Waals surface area contributed by atoms with E-state index in [2.05, 4.69) is 11.7 Å². The number of rotatable bonds is 5. The van der Waals surface area contributed by atoms with Crippen LogP contribution < -0.4 is 10.3 Å². The average molecular weight is 357 g/mol. The van der Waals surface area contributed by atoms with Crippen LogP contribution in [-0.2, 0) is 6.54 Å². The third-order valence-corrected chi connectivity index (χ3v) is 4.54. The molecule has 0 aliphatic heterocycles. The van der Waals surface area contributed by atoms with Gasteiger partial charge in [-0.05, 0) is 29.3 Å². The molecule has 0 saturated heterocycles. The van der Waals surface area contributed by atoms with E-state index in [1.54, 1.807) is 34.7 Å². The summed E-state index contributed by atoms with van der Waals surface area (Å²) in [4.78, 5) is 12.9. The van der Waals surface area contributed by atoms with Gasteiger partial charge in [0.2, 0.25) is 0 Å². The lowest BCUT2D eigenvalue weighted by Gasteiger charge is -2.06. The summed E-state index contributed by atoms with van der Waals surface area (Å²) in [6, 6.07) is 17.4. The Balaban J connectivity index is 1.71. The molecule has 0 spiro atoms. The molecule has 0 amide bonds. The summed E-state index contributed by atoms with van der Waals surface area (Å²) < 4.78 is 8.58. The highest BCUT2D eigenvalue weighted by Crippen LogP contribution is 2.23. The summed E-state index contributed by atoms with van der Waals surface area (Å²) in [5, 5.41) is 4.53. The van der Waals surface area contributed by atoms with Crippen LogP contribution in [0.25, 0.3) is 22.9 Å². The number of methoxy groups -OCH3 is 1. The fourth-order valence-electron chi connectivity index (χ4n) is 3.03. The molecule has 27 heavy (non-hydrogen) atoms. The quantitative estimate of drug-likeness (QED) is 0.545. The van der Waals surface area contributed by atoms with Crippen LogP contribution in [-0.4, -0.2) is 21.3 Å². The number of ether oxygens (including phenoxy) is 1. The highest BCUT2D eigenvalue weighted by Gasteiger charge is 2.10. The second-order valence-electron chi connectivity index (χ2n) is 6.27. The molecule has 2 aromatic heterocycles. The molecular formula is C22H19N3O2. The van der Waals surface area contributed by atoms with Gasteiger partial charge in [-0.15, -0.1) is 0 Å². The van der Waals surface area contributed by atoms with Crippen molar-refractivity contribution in [3.63, 3.8) is 0 Å². The number of benzene rings is 2. The van der Waals surface area contributed by atoms with Crippen LogP contribution in [0.4, 0.5) is 0 Å². The van der Waals surface area contributed by atoms with Crippen molar-refractivity contribution in [1.82, 2.24) is 14.2 Å². The third-order valence-electron chi connectivity index (χ3n) is 4.54. The Kier molecular flexibility index (Phi) is 4.34. The van der Waals surface area contributed by atoms with Crippen molar-refractivity contribution >= 4 is 11.6 Å². The summed E-state index contributed by atoms with van der Waals surface area (Å²) in [5.41, 5.74) is 4.22. The Morgan fingerprint density at radius 2 is 1.93 bits per heavy atom. The maximum atomic E-state index is 12.9. The van der Waals surface area contributed by atoms with Gasteiger partial charge in [0.1, 0.15) is 11.3 Å². The second-order valence-corrected chi connectivity index (χ2v) is 6.27. The van der Waals surface area contributed by atoms with Gasteiger partial charge in [-0.3, -0.25) is 4.79 Å². The van der Waals surface area contributed by atoms with Crippen LogP contribution >= 0.6 is 0 Å². The molecule has 0 aliphatic rings. The number of hydrogen-bond acceptors (Lipinski definition) is 3. The molecule has 5 heteroatoms. The van der Waals surface area contributed by atoms with Gasteiger partial charge in [-0.2, -0.15) is 5.10 Å². The van der Waals surface area contributed by atoms with Gasteiger partial charge in [-0.1, -0.05) is 49.1 Å². The first-order valence-electron chi connectivity index (χ1n) is 8.62. The van der Waals surface area contributed by atoms with Crippen LogP contribution in [0.5, 0.6) is 5.75 Å². The molecule has 4 rings (SSSR count). The summed E-state index contributed by atoms with van der Waals surface area (Å²) in [6.07, 6.45) is 5.37. The normalized spacial score (nSPS) is 10.9. The minimum atomic E-state index is -0.0769. The number of aromatic nitrogens is 3. The Morgan fingerprint density at radius 1 is 1.11 bits per heavy atom. The highest BCUT2D eigenvalue weighted by molar-refractivity contribution is 5.66. The Labute approximate surface area is 156 Å². The van der Waals surface area contributed by atoms with Crippen LogP contribution in [0.3, 0.4) is 0 Å². The predicted octanol–water partition coefficient (Wildman–Crippen LogP) is 3.86. The average Bonchev–Trinajstić information content (AvgIpc) is 3.16. The van der Waals surface area contributed by atoms with Crippen LogP contribution in [0, 0.1) is 0 Å². The van der Waals surface area contributed by atoms with Gasteiger partial charge in [0.05, 0.1) is 19.3 Å². The summed E-state index contributed by atoms with van der Waals surface area (Å²) >= 11 is 0. The maximum absolute atomic E-state index is 12.9. The van der Waals surface area contributed by atoms with E-state index < -0.39 is 0 Å². The largest absolute Gasteiger partial charge is 0.497 e. The number of nitrogens with zero attached hydrogens (tertiary/aromatic N) is 3. The van der Waals surface area contributed by atoms with Gasteiger partial charge in [-0.25, -0.2) is 4.52 Å². The monoisotopic (exact) mass is 357 g/mol. The lowest BCUT2D eigenvalue weighted by Crippen LogP contribution is -2.21. The zero-order chi connectivity index (χ0) is 18.8. The maximum Gasteiger partial charge on any atom is 0.276 e. The van der Waals surface area contributed by atoms with Crippen LogP contribution in [0.15, 0.2) is 78.4 Å². The standard InChI is InChI=1S/C22H19N3O2/c1-3-16-7-9-17(10-8-16)15-24-11-12-25-21(22(24)26)14-20(23-25)18-5-4-6-19(13-18)27-2/h3-14H,1,15H2,2H3. The van der Waals surface area contributed by atoms with E-state index in [9.17, 15) is 4.79 Å². The van der Waals surface area contributed by atoms with Gasteiger partial charge in [0, 0.05) is 18.0 Å². The molecule has 0 N–H and O–H groups in total. The van der Waals surface area contributed by atoms with E-state index in [-0.39, 0.29) is 5.56 Å². The predicted molar refractivity (Wildman–Crippen MR) is 107 cm³/mol. The molecule has 2 aromatic carbocycles. The molecule has 2 heterocycles. The lowest BCUT2D eigenvalue weighted by molar-refractivity contribution is 0.415. The molecule has 0 radical (unpaired) electrons. The van der Waals surface area contributed by atoms with Crippen LogP contribution in [0.1, 0.15) is 11.1 Å². The van der Waals surface area contributed by atoms with Gasteiger partial charge >= 0.3 is 0 Å². The minimum Gasteiger partial charge on any atom is -0.497 e. The molecular weight excluding hydrogens is 338 g/mol. The smallest absolute Gasteiger partial charge is 0.276 e. The Hall–Kier alpha value is -3.60. The highest BCUT2D eigenvalue weighted by atomic mass is 16.5. The van der Waals surface area contributed by atoms with Crippen molar-refractivity contribution in [2.45, 2.75) is 6.54 Å². The zero-order valence-corrected chi connectivity index (χ0v) is 15.0. The Morgan fingerprint density at radius 3 is 2.67 bits per heavy atom. The molecule has 0 unspecified atom stereocenters. The molecule has 5 nitrogen and oxygen atoms in total. The zero-order valence-electron chi connectivity index (χ0n) is 15.0. The lowest BCUT2D eigenvalue weighted by atomic mass is 10.1. The molecule has 134 valence electrons. The third kappa shape index (κ3) is 3.27. The van der Waals surface area contributed by atoms with E-state index in [0.717, 1.165) is 28.1 Å². The van der Waals surface area contributed by atoms with Crippen molar-refractivity contribution in [2.75, 3.05) is 7.11 Å². The molecule has 0 saturated carbocycles. The SMILES string of the molecule is C=Cc1ccc(Cn2ccn3nc(-c4cccc(OC)c4)cc3c2=O)cc1. The van der Waals surface area contributed by atoms with Crippen molar-refractivity contribution in [1.29, 1.82) is 0 Å². The first-order valence-corrected chi connectivity index (χ1v) is 8.62. The fourth-order valence-corrected chi connectivity index (χ4v) is 3.03. The molecule has 0 bridgehead atoms. The van der Waals surface area contributed by atoms with Crippen molar-refractivity contribution in [3.05, 3.63) is 95.1 Å². The summed E-state index contributed by atoms with van der Waals surface area (Å²) in [5.74, 6) is 0.755. The number of fused-ring (bicyclic) bond motifs is 1. The summed E-state index contributed by atoms with van der Waals surface area (Å²) in [6.45, 7) is 4.26. The minimum absolute atomic E-state index is 0.0769. The van der Waals surface area contributed by atoms with Gasteiger partial charge < -0.3 is 9.30 Å². The van der Waals surface area contributed by atoms with Crippen molar-refractivity contribution in [3.8, 4) is 17.0 Å². The van der Waals surface area contributed by atoms with Gasteiger partial charge in [0.25, 0.3) is 5.56 Å². The first-order chi connectivity index (χ1) is 13.2. The second kappa shape index (κ2) is 6.96. The van der Waals surface area contributed by atoms with E-state index in [4.69, 9.17) is 4.74 Å². The van der Waals surface area contributed by atoms with E-state index >= 15 is 0 Å². The first kappa shape index (κ1) is 16.8. The van der Waals surface area contributed by atoms with Crippen LogP contribution in [0.2, 0.25) is 0 Å². The fraction of sp³-hybridized carbons (Fsp3) is 0.0909. The summed E-state index contributed by atoms with van der Waals surface area (Å²) in [7, 11) is 1.63.